The predicted molar refractivity (Wildman–Crippen MR) is 128 cm³/mol. The number of nitrogens with one attached hydrogen (secondary N) is 1. The molecule has 8 nitrogen and oxygen atoms in total. The van der Waals surface area contributed by atoms with E-state index in [2.05, 4.69) is 5.32 Å². The van der Waals surface area contributed by atoms with E-state index < -0.39 is 17.6 Å². The Hall–Kier alpha value is -3.30. The van der Waals surface area contributed by atoms with Gasteiger partial charge in [-0.05, 0) is 48.4 Å². The van der Waals surface area contributed by atoms with Crippen LogP contribution >= 0.6 is 0 Å². The topological polar surface area (TPSA) is 133 Å². The number of carboxylic acid groups (broad SMARTS) is 1. The number of halogens is 1. The van der Waals surface area contributed by atoms with E-state index in [4.69, 9.17) is 15.6 Å². The highest BCUT2D eigenvalue weighted by Gasteiger charge is 2.48. The third-order valence-corrected chi connectivity index (χ3v) is 6.20. The second-order valence-corrected chi connectivity index (χ2v) is 9.17. The van der Waals surface area contributed by atoms with Crippen molar-refractivity contribution in [2.24, 2.45) is 5.73 Å². The van der Waals surface area contributed by atoms with Crippen molar-refractivity contribution in [3.05, 3.63) is 71.0 Å². The van der Waals surface area contributed by atoms with Crippen molar-refractivity contribution in [2.45, 2.75) is 63.3 Å². The van der Waals surface area contributed by atoms with Crippen LogP contribution in [-0.2, 0) is 33.8 Å². The molecule has 4 rings (SSSR count). The van der Waals surface area contributed by atoms with Crippen LogP contribution in [0.3, 0.4) is 0 Å². The van der Waals surface area contributed by atoms with Gasteiger partial charge in [0.25, 0.3) is 11.9 Å². The largest absolute Gasteiger partial charge is 0.481 e. The molecule has 1 fully saturated rings. The van der Waals surface area contributed by atoms with Crippen molar-refractivity contribution in [3.63, 3.8) is 0 Å². The van der Waals surface area contributed by atoms with Crippen molar-refractivity contribution in [3.8, 4) is 0 Å². The van der Waals surface area contributed by atoms with Gasteiger partial charge < -0.3 is 26.2 Å². The Morgan fingerprint density at radius 1 is 1.14 bits per heavy atom. The monoisotopic (exact) mass is 485 g/mol. The summed E-state index contributed by atoms with van der Waals surface area (Å²) < 4.78 is 13.9. The lowest BCUT2D eigenvalue weighted by molar-refractivity contribution is -0.137. The van der Waals surface area contributed by atoms with Crippen LogP contribution in [-0.4, -0.2) is 57.1 Å². The molecule has 2 aliphatic rings. The molecular formula is C26H32FN3O5. The number of carbonyl (C=O) groups excluding carboxylic acids is 2. The molecule has 0 radical (unpaired) electrons. The van der Waals surface area contributed by atoms with Gasteiger partial charge in [-0.15, -0.1) is 0 Å². The maximum atomic E-state index is 13.9. The van der Waals surface area contributed by atoms with E-state index in [1.165, 1.54) is 6.07 Å². The van der Waals surface area contributed by atoms with Gasteiger partial charge in [0, 0.05) is 32.5 Å². The molecule has 9 heteroatoms. The van der Waals surface area contributed by atoms with Crippen molar-refractivity contribution < 1.29 is 29.0 Å². The fourth-order valence-electron chi connectivity index (χ4n) is 4.14. The van der Waals surface area contributed by atoms with Crippen molar-refractivity contribution in [1.29, 1.82) is 0 Å². The third-order valence-electron chi connectivity index (χ3n) is 6.20. The SMILES string of the molecule is CC(=O)O.NC(CC(=O)N1Cc2ccccc2CC1CNC(=O)C1(O)CC1)Cc1ccccc1F. The van der Waals surface area contributed by atoms with Gasteiger partial charge in [-0.1, -0.05) is 42.5 Å². The summed E-state index contributed by atoms with van der Waals surface area (Å²) in [6, 6.07) is 13.6. The standard InChI is InChI=1S/C24H28FN3O3.C2H4O2/c25-21-8-4-3-6-17(21)11-19(26)13-22(29)28-15-18-7-2-1-5-16(18)12-20(28)14-27-23(30)24(31)9-10-24;1-2(3)4/h1-8,19-20,31H,9-15,26H2,(H,27,30);1H3,(H,3,4). The molecule has 1 saturated carbocycles. The third kappa shape index (κ3) is 7.34. The number of nitrogens with two attached hydrogens (primary N) is 1. The maximum Gasteiger partial charge on any atom is 0.300 e. The van der Waals surface area contributed by atoms with Gasteiger partial charge in [0.15, 0.2) is 0 Å². The van der Waals surface area contributed by atoms with E-state index in [0.717, 1.165) is 18.1 Å². The Labute approximate surface area is 203 Å². The molecule has 5 N–H and O–H groups in total. The molecule has 0 bridgehead atoms. The second kappa shape index (κ2) is 11.4. The highest BCUT2D eigenvalue weighted by atomic mass is 19.1. The fourth-order valence-corrected chi connectivity index (χ4v) is 4.14. The molecule has 2 unspecified atom stereocenters. The molecule has 1 aliphatic carbocycles. The molecule has 35 heavy (non-hydrogen) atoms. The van der Waals surface area contributed by atoms with Crippen LogP contribution in [0.5, 0.6) is 0 Å². The molecule has 0 aromatic heterocycles. The number of rotatable bonds is 7. The Bertz CT molecular complexity index is 1070. The number of nitrogens with zero attached hydrogens (tertiary/aromatic N) is 1. The Morgan fingerprint density at radius 2 is 1.74 bits per heavy atom. The van der Waals surface area contributed by atoms with Gasteiger partial charge in [0.1, 0.15) is 11.4 Å². The number of aliphatic carboxylic acids is 1. The zero-order valence-corrected chi connectivity index (χ0v) is 19.7. The van der Waals surface area contributed by atoms with Crippen LogP contribution in [0.15, 0.2) is 48.5 Å². The molecule has 1 heterocycles. The fraction of sp³-hybridized carbons (Fsp3) is 0.423. The molecule has 2 atom stereocenters. The van der Waals surface area contributed by atoms with E-state index in [-0.39, 0.29) is 43.1 Å². The summed E-state index contributed by atoms with van der Waals surface area (Å²) in [6.45, 7) is 1.79. The van der Waals surface area contributed by atoms with Crippen LogP contribution < -0.4 is 11.1 Å². The summed E-state index contributed by atoms with van der Waals surface area (Å²) in [5, 5.41) is 20.2. The number of hydrogen-bond donors (Lipinski definition) is 4. The van der Waals surface area contributed by atoms with E-state index in [9.17, 15) is 19.1 Å². The Kier molecular flexibility index (Phi) is 8.58. The van der Waals surface area contributed by atoms with Gasteiger partial charge in [-0.3, -0.25) is 14.4 Å². The van der Waals surface area contributed by atoms with Gasteiger partial charge >= 0.3 is 0 Å². The van der Waals surface area contributed by atoms with E-state index in [1.807, 2.05) is 24.3 Å². The van der Waals surface area contributed by atoms with Crippen molar-refractivity contribution >= 4 is 17.8 Å². The summed E-state index contributed by atoms with van der Waals surface area (Å²) in [4.78, 5) is 36.1. The lowest BCUT2D eigenvalue weighted by atomic mass is 9.93. The first-order valence-electron chi connectivity index (χ1n) is 11.6. The minimum Gasteiger partial charge on any atom is -0.481 e. The smallest absolute Gasteiger partial charge is 0.300 e. The summed E-state index contributed by atoms with van der Waals surface area (Å²) >= 11 is 0. The van der Waals surface area contributed by atoms with E-state index in [1.54, 1.807) is 23.1 Å². The van der Waals surface area contributed by atoms with Gasteiger partial charge in [-0.25, -0.2) is 4.39 Å². The minimum absolute atomic E-state index is 0.0882. The summed E-state index contributed by atoms with van der Waals surface area (Å²) in [7, 11) is 0. The Morgan fingerprint density at radius 3 is 2.37 bits per heavy atom. The normalized spacial score (nSPS) is 18.4. The first kappa shape index (κ1) is 26.3. The minimum atomic E-state index is -1.25. The van der Waals surface area contributed by atoms with Crippen molar-refractivity contribution in [1.82, 2.24) is 10.2 Å². The zero-order chi connectivity index (χ0) is 25.6. The van der Waals surface area contributed by atoms with Crippen LogP contribution in [0.2, 0.25) is 0 Å². The highest BCUT2D eigenvalue weighted by molar-refractivity contribution is 5.87. The van der Waals surface area contributed by atoms with Crippen molar-refractivity contribution in [2.75, 3.05) is 6.54 Å². The maximum absolute atomic E-state index is 13.9. The molecule has 2 aromatic carbocycles. The first-order valence-corrected chi connectivity index (χ1v) is 11.6. The number of carboxylic acids is 1. The summed E-state index contributed by atoms with van der Waals surface area (Å²) in [5.41, 5.74) is 7.66. The van der Waals surface area contributed by atoms with E-state index in [0.29, 0.717) is 31.4 Å². The molecular weight excluding hydrogens is 453 g/mol. The van der Waals surface area contributed by atoms with Gasteiger partial charge in [-0.2, -0.15) is 0 Å². The predicted octanol–water partition coefficient (Wildman–Crippen LogP) is 1.77. The number of carbonyl (C=O) groups is 3. The lowest BCUT2D eigenvalue weighted by Crippen LogP contribution is -2.52. The lowest BCUT2D eigenvalue weighted by Gasteiger charge is -2.38. The molecule has 0 spiro atoms. The van der Waals surface area contributed by atoms with Crippen LogP contribution in [0, 0.1) is 5.82 Å². The Balaban J connectivity index is 0.000000795. The van der Waals surface area contributed by atoms with Crippen LogP contribution in [0.25, 0.3) is 0 Å². The number of hydrogen-bond acceptors (Lipinski definition) is 5. The van der Waals surface area contributed by atoms with E-state index >= 15 is 0 Å². The van der Waals surface area contributed by atoms with Gasteiger partial charge in [0.2, 0.25) is 5.91 Å². The summed E-state index contributed by atoms with van der Waals surface area (Å²) in [5.74, 6) is -1.66. The zero-order valence-electron chi connectivity index (χ0n) is 19.7. The average Bonchev–Trinajstić information content (AvgIpc) is 3.56. The highest BCUT2D eigenvalue weighted by Crippen LogP contribution is 2.35. The number of fused-ring (bicyclic) bond motifs is 1. The van der Waals surface area contributed by atoms with Crippen LogP contribution in [0.1, 0.15) is 42.9 Å². The molecule has 2 aromatic rings. The number of aliphatic hydroxyl groups is 1. The molecule has 0 saturated heterocycles. The molecule has 1 aliphatic heterocycles. The molecule has 2 amide bonds. The quantitative estimate of drug-likeness (QED) is 0.473. The second-order valence-electron chi connectivity index (χ2n) is 9.17. The summed E-state index contributed by atoms with van der Waals surface area (Å²) in [6.07, 6.45) is 1.92. The van der Waals surface area contributed by atoms with Gasteiger partial charge in [0.05, 0.1) is 6.04 Å². The number of amides is 2. The number of benzene rings is 2. The first-order chi connectivity index (χ1) is 16.6. The average molecular weight is 486 g/mol. The molecule has 188 valence electrons. The van der Waals surface area contributed by atoms with Crippen LogP contribution in [0.4, 0.5) is 4.39 Å².